The molecule has 0 aliphatic rings. The Morgan fingerprint density at radius 2 is 1.17 bits per heavy atom. The highest BCUT2D eigenvalue weighted by atomic mass is 19.4. The van der Waals surface area contributed by atoms with Gasteiger partial charge in [-0.15, -0.1) is 0 Å². The minimum Gasteiger partial charge on any atom is -0.331 e. The van der Waals surface area contributed by atoms with Gasteiger partial charge in [0.1, 0.15) is 0 Å². The molecule has 0 N–H and O–H groups in total. The molecule has 0 spiro atoms. The summed E-state index contributed by atoms with van der Waals surface area (Å²) in [7, 11) is 3.03. The van der Waals surface area contributed by atoms with Gasteiger partial charge in [0, 0.05) is 20.1 Å². The summed E-state index contributed by atoms with van der Waals surface area (Å²) in [5.41, 5.74) is -2.54. The zero-order chi connectivity index (χ0) is 27.4. The third-order valence-corrected chi connectivity index (χ3v) is 6.29. The van der Waals surface area contributed by atoms with E-state index in [1.165, 1.54) is 27.1 Å². The van der Waals surface area contributed by atoms with Crippen molar-refractivity contribution in [1.82, 2.24) is 0 Å². The fourth-order valence-electron chi connectivity index (χ4n) is 4.49. The monoisotopic (exact) mass is 528 g/mol. The van der Waals surface area contributed by atoms with Crippen LogP contribution in [0.5, 0.6) is 0 Å². The Hall–Kier alpha value is -1.32. The average molecular weight is 529 g/mol. The van der Waals surface area contributed by atoms with Crippen LogP contribution in [-0.4, -0.2) is 26.3 Å². The summed E-state index contributed by atoms with van der Waals surface area (Å²) in [5.74, 6) is -1.38. The molecular weight excluding hydrogens is 486 g/mol. The summed E-state index contributed by atoms with van der Waals surface area (Å²) in [6.45, 7) is 5.91. The van der Waals surface area contributed by atoms with Crippen LogP contribution in [0.1, 0.15) is 102 Å². The second-order valence-electron chi connectivity index (χ2n) is 9.59. The molecular formula is C27H42F6O3. The average Bonchev–Trinajstić information content (AvgIpc) is 2.79. The van der Waals surface area contributed by atoms with Crippen molar-refractivity contribution in [2.45, 2.75) is 116 Å². The Morgan fingerprint density at radius 1 is 0.694 bits per heavy atom. The quantitative estimate of drug-likeness (QED) is 0.115. The highest BCUT2D eigenvalue weighted by Crippen LogP contribution is 2.37. The van der Waals surface area contributed by atoms with Crippen molar-refractivity contribution in [3.63, 3.8) is 0 Å². The lowest BCUT2D eigenvalue weighted by Crippen LogP contribution is -2.46. The number of ether oxygens (including phenoxy) is 3. The molecule has 0 aliphatic carbocycles. The molecule has 0 radical (unpaired) electrons. The second kappa shape index (κ2) is 15.2. The Kier molecular flexibility index (Phi) is 13.8. The van der Waals surface area contributed by atoms with E-state index in [-0.39, 0.29) is 30.1 Å². The lowest BCUT2D eigenvalue weighted by molar-refractivity contribution is -0.399. The highest BCUT2D eigenvalue weighted by Gasteiger charge is 2.41. The minimum atomic E-state index is -4.84. The van der Waals surface area contributed by atoms with Gasteiger partial charge in [-0.25, -0.2) is 0 Å². The number of hydrogen-bond donors (Lipinski definition) is 0. The van der Waals surface area contributed by atoms with E-state index < -0.39 is 29.5 Å². The van der Waals surface area contributed by atoms with E-state index in [2.05, 4.69) is 6.92 Å². The Labute approximate surface area is 211 Å². The third kappa shape index (κ3) is 11.0. The van der Waals surface area contributed by atoms with Crippen molar-refractivity contribution >= 4 is 0 Å². The molecule has 0 aromatic heterocycles. The van der Waals surface area contributed by atoms with Gasteiger partial charge in [-0.3, -0.25) is 0 Å². The first-order valence-corrected chi connectivity index (χ1v) is 12.9. The summed E-state index contributed by atoms with van der Waals surface area (Å²) < 4.78 is 96.3. The highest BCUT2D eigenvalue weighted by molar-refractivity contribution is 5.33. The molecule has 0 saturated carbocycles. The molecule has 0 amide bonds. The third-order valence-electron chi connectivity index (χ3n) is 6.29. The maximum Gasteiger partial charge on any atom is 0.416 e. The maximum atomic E-state index is 13.2. The van der Waals surface area contributed by atoms with Gasteiger partial charge in [-0.2, -0.15) is 26.3 Å². The van der Waals surface area contributed by atoms with Crippen LogP contribution >= 0.6 is 0 Å². The van der Waals surface area contributed by atoms with Crippen molar-refractivity contribution in [3.05, 3.63) is 34.9 Å². The number of alkyl halides is 6. The molecule has 1 atom stereocenters. The summed E-state index contributed by atoms with van der Waals surface area (Å²) >= 11 is 0. The number of methoxy groups -OCH3 is 2. The van der Waals surface area contributed by atoms with E-state index >= 15 is 0 Å². The molecule has 36 heavy (non-hydrogen) atoms. The van der Waals surface area contributed by atoms with Crippen LogP contribution in [0.2, 0.25) is 0 Å². The van der Waals surface area contributed by atoms with Gasteiger partial charge in [0.25, 0.3) is 5.97 Å². The van der Waals surface area contributed by atoms with Crippen molar-refractivity contribution < 1.29 is 40.6 Å². The fourth-order valence-corrected chi connectivity index (χ4v) is 4.49. The molecule has 1 aromatic rings. The predicted molar refractivity (Wildman–Crippen MR) is 128 cm³/mol. The number of rotatable bonds is 17. The molecule has 210 valence electrons. The predicted octanol–water partition coefficient (Wildman–Crippen LogP) is 9.18. The molecule has 1 rings (SSSR count). The standard InChI is InChI=1S/C27H42F6O3/c1-6-7-8-9-10-11-15-22(27(34-4,35-5)36-20(2)3)16-13-12-14-21-17-23(25(28,29)30)19-24(18-21)26(31,32)33/h17-20,22H,6-16H2,1-5H3. The largest absolute Gasteiger partial charge is 0.416 e. The lowest BCUT2D eigenvalue weighted by Gasteiger charge is -2.39. The molecule has 3 nitrogen and oxygen atoms in total. The second-order valence-corrected chi connectivity index (χ2v) is 9.59. The van der Waals surface area contributed by atoms with E-state index in [1.807, 2.05) is 13.8 Å². The normalized spacial score (nSPS) is 14.0. The summed E-state index contributed by atoms with van der Waals surface area (Å²) in [6, 6.07) is 1.77. The van der Waals surface area contributed by atoms with Crippen LogP contribution in [0.3, 0.4) is 0 Å². The van der Waals surface area contributed by atoms with E-state index in [0.29, 0.717) is 19.3 Å². The van der Waals surface area contributed by atoms with Crippen LogP contribution in [0.15, 0.2) is 18.2 Å². The van der Waals surface area contributed by atoms with Crippen molar-refractivity contribution in [3.8, 4) is 0 Å². The SMILES string of the molecule is CCCCCCCCC(CCCCc1cc(C(F)(F)F)cc(C(F)(F)F)c1)C(OC)(OC)OC(C)C. The van der Waals surface area contributed by atoms with Gasteiger partial charge in [0.15, 0.2) is 0 Å². The van der Waals surface area contributed by atoms with Gasteiger partial charge in [-0.05, 0) is 63.3 Å². The zero-order valence-corrected chi connectivity index (χ0v) is 22.2. The topological polar surface area (TPSA) is 27.7 Å². The molecule has 1 aromatic carbocycles. The first-order chi connectivity index (χ1) is 16.8. The van der Waals surface area contributed by atoms with Crippen LogP contribution < -0.4 is 0 Å². The molecule has 0 heterocycles. The molecule has 0 saturated heterocycles. The molecule has 9 heteroatoms. The molecule has 0 aliphatic heterocycles. The van der Waals surface area contributed by atoms with Gasteiger partial charge < -0.3 is 14.2 Å². The van der Waals surface area contributed by atoms with E-state index in [1.54, 1.807) is 0 Å². The number of hydrogen-bond acceptors (Lipinski definition) is 3. The van der Waals surface area contributed by atoms with Crippen LogP contribution in [0.4, 0.5) is 26.3 Å². The lowest BCUT2D eigenvalue weighted by atomic mass is 9.91. The summed E-state index contributed by atoms with van der Waals surface area (Å²) in [5, 5.41) is 0. The Morgan fingerprint density at radius 3 is 1.61 bits per heavy atom. The molecule has 0 fully saturated rings. The Balaban J connectivity index is 2.90. The molecule has 0 bridgehead atoms. The van der Waals surface area contributed by atoms with Crippen molar-refractivity contribution in [1.29, 1.82) is 0 Å². The number of unbranched alkanes of at least 4 members (excludes halogenated alkanes) is 6. The van der Waals surface area contributed by atoms with Crippen molar-refractivity contribution in [2.24, 2.45) is 5.92 Å². The smallest absolute Gasteiger partial charge is 0.331 e. The van der Waals surface area contributed by atoms with Crippen LogP contribution in [-0.2, 0) is 33.0 Å². The van der Waals surface area contributed by atoms with Crippen LogP contribution in [0, 0.1) is 5.92 Å². The van der Waals surface area contributed by atoms with Gasteiger partial charge in [0.2, 0.25) is 0 Å². The van der Waals surface area contributed by atoms with E-state index in [4.69, 9.17) is 14.2 Å². The number of aryl methyl sites for hydroxylation is 1. The summed E-state index contributed by atoms with van der Waals surface area (Å²) in [4.78, 5) is 0. The van der Waals surface area contributed by atoms with Gasteiger partial charge in [-0.1, -0.05) is 51.9 Å². The van der Waals surface area contributed by atoms with Gasteiger partial charge in [0.05, 0.1) is 17.2 Å². The number of benzene rings is 1. The van der Waals surface area contributed by atoms with E-state index in [9.17, 15) is 26.3 Å². The minimum absolute atomic E-state index is 0.0211. The fraction of sp³-hybridized carbons (Fsp3) is 0.778. The molecule has 1 unspecified atom stereocenters. The zero-order valence-electron chi connectivity index (χ0n) is 22.2. The summed E-state index contributed by atoms with van der Waals surface area (Å²) in [6.07, 6.45) is -0.664. The van der Waals surface area contributed by atoms with Gasteiger partial charge >= 0.3 is 12.4 Å². The number of halogens is 6. The maximum absolute atomic E-state index is 13.2. The van der Waals surface area contributed by atoms with Crippen LogP contribution in [0.25, 0.3) is 0 Å². The van der Waals surface area contributed by atoms with Crippen molar-refractivity contribution in [2.75, 3.05) is 14.2 Å². The first-order valence-electron chi connectivity index (χ1n) is 12.9. The van der Waals surface area contributed by atoms with E-state index in [0.717, 1.165) is 44.2 Å². The Bertz CT molecular complexity index is 710. The first kappa shape index (κ1) is 32.7.